The normalized spacial score (nSPS) is 14.5. The zero-order chi connectivity index (χ0) is 22.0. The molecular weight excluding hydrogens is 405 g/mol. The number of carboxylic acids is 1. The standard InChI is InChI=1S/C22H24NO6P/c1-2-9-19(21(24)25)16-30(27,28)20(14-17-10-5-3-6-11-17)23-22(26)29-15-18-12-7-4-8-13-18/h1,3-8,10-13,19-20H,9,14-16H2,(H,23,26)(H,24,25)(H,27,28)/t19?,20-/m1/s1. The van der Waals surface area contributed by atoms with Crippen molar-refractivity contribution < 1.29 is 28.9 Å². The second kappa shape index (κ2) is 11.2. The quantitative estimate of drug-likeness (QED) is 0.394. The van der Waals surface area contributed by atoms with Gasteiger partial charge in [-0.25, -0.2) is 4.79 Å². The molecule has 0 bridgehead atoms. The summed E-state index contributed by atoms with van der Waals surface area (Å²) < 4.78 is 18.2. The van der Waals surface area contributed by atoms with Crippen LogP contribution in [0.1, 0.15) is 17.5 Å². The summed E-state index contributed by atoms with van der Waals surface area (Å²) in [5.74, 6) is -1.45. The molecule has 2 unspecified atom stereocenters. The zero-order valence-corrected chi connectivity index (χ0v) is 17.2. The number of carbonyl (C=O) groups excluding carboxylic acids is 1. The van der Waals surface area contributed by atoms with Crippen LogP contribution in [0.4, 0.5) is 4.79 Å². The molecular formula is C22H24NO6P. The molecule has 8 heteroatoms. The van der Waals surface area contributed by atoms with Crippen LogP contribution in [0.25, 0.3) is 0 Å². The number of nitrogens with one attached hydrogen (secondary N) is 1. The molecule has 2 aromatic carbocycles. The van der Waals surface area contributed by atoms with E-state index in [1.165, 1.54) is 0 Å². The number of amides is 1. The molecule has 3 N–H and O–H groups in total. The van der Waals surface area contributed by atoms with E-state index in [4.69, 9.17) is 11.2 Å². The molecule has 0 saturated carbocycles. The molecule has 0 spiro atoms. The molecule has 0 aliphatic rings. The zero-order valence-electron chi connectivity index (χ0n) is 16.3. The number of carboxylic acid groups (broad SMARTS) is 1. The van der Waals surface area contributed by atoms with Crippen molar-refractivity contribution in [2.45, 2.75) is 25.2 Å². The van der Waals surface area contributed by atoms with Crippen molar-refractivity contribution in [2.75, 3.05) is 6.16 Å². The van der Waals surface area contributed by atoms with Crippen molar-refractivity contribution >= 4 is 19.4 Å². The first-order chi connectivity index (χ1) is 14.3. The first-order valence-corrected chi connectivity index (χ1v) is 11.2. The van der Waals surface area contributed by atoms with E-state index in [-0.39, 0.29) is 19.4 Å². The third-order valence-electron chi connectivity index (χ3n) is 4.45. The summed E-state index contributed by atoms with van der Waals surface area (Å²) in [6.45, 7) is -0.00466. The topological polar surface area (TPSA) is 113 Å². The Morgan fingerprint density at radius 1 is 1.07 bits per heavy atom. The minimum absolute atomic E-state index is 0.00466. The summed E-state index contributed by atoms with van der Waals surface area (Å²) in [5.41, 5.74) is 1.48. The molecule has 0 heterocycles. The van der Waals surface area contributed by atoms with Gasteiger partial charge in [-0.3, -0.25) is 9.36 Å². The summed E-state index contributed by atoms with van der Waals surface area (Å²) >= 11 is 0. The maximum atomic E-state index is 13.1. The van der Waals surface area contributed by atoms with Crippen LogP contribution in [0, 0.1) is 18.3 Å². The number of aliphatic carboxylic acids is 1. The van der Waals surface area contributed by atoms with E-state index in [0.29, 0.717) is 5.56 Å². The third kappa shape index (κ3) is 7.40. The van der Waals surface area contributed by atoms with Crippen molar-refractivity contribution in [1.29, 1.82) is 0 Å². The number of hydrogen-bond donors (Lipinski definition) is 3. The van der Waals surface area contributed by atoms with Crippen LogP contribution < -0.4 is 5.32 Å². The van der Waals surface area contributed by atoms with Gasteiger partial charge in [-0.05, 0) is 11.1 Å². The Morgan fingerprint density at radius 3 is 2.17 bits per heavy atom. The van der Waals surface area contributed by atoms with Gasteiger partial charge >= 0.3 is 12.1 Å². The number of terminal acetylenes is 1. The van der Waals surface area contributed by atoms with Gasteiger partial charge < -0.3 is 20.1 Å². The van der Waals surface area contributed by atoms with E-state index in [2.05, 4.69) is 11.2 Å². The van der Waals surface area contributed by atoms with Gasteiger partial charge in [-0.2, -0.15) is 0 Å². The molecule has 7 nitrogen and oxygen atoms in total. The fraction of sp³-hybridized carbons (Fsp3) is 0.273. The average molecular weight is 429 g/mol. The van der Waals surface area contributed by atoms with Gasteiger partial charge in [0.05, 0.1) is 5.92 Å². The second-order valence-corrected chi connectivity index (χ2v) is 9.29. The fourth-order valence-electron chi connectivity index (χ4n) is 2.85. The van der Waals surface area contributed by atoms with Crippen molar-refractivity contribution in [1.82, 2.24) is 5.32 Å². The van der Waals surface area contributed by atoms with E-state index in [0.717, 1.165) is 5.56 Å². The number of alkyl carbamates (subject to hydrolysis) is 1. The predicted molar refractivity (Wildman–Crippen MR) is 113 cm³/mol. The van der Waals surface area contributed by atoms with E-state index >= 15 is 0 Å². The molecule has 0 saturated heterocycles. The van der Waals surface area contributed by atoms with E-state index in [9.17, 15) is 24.2 Å². The lowest BCUT2D eigenvalue weighted by molar-refractivity contribution is -0.140. The molecule has 1 amide bonds. The van der Waals surface area contributed by atoms with Crippen LogP contribution >= 0.6 is 7.37 Å². The van der Waals surface area contributed by atoms with Gasteiger partial charge in [0.2, 0.25) is 7.37 Å². The average Bonchev–Trinajstić information content (AvgIpc) is 2.73. The molecule has 158 valence electrons. The van der Waals surface area contributed by atoms with Gasteiger partial charge in [0.1, 0.15) is 12.4 Å². The largest absolute Gasteiger partial charge is 0.481 e. The van der Waals surface area contributed by atoms with Crippen LogP contribution in [0.3, 0.4) is 0 Å². The molecule has 2 rings (SSSR count). The highest BCUT2D eigenvalue weighted by molar-refractivity contribution is 7.58. The first-order valence-electron chi connectivity index (χ1n) is 9.30. The molecule has 0 aliphatic heterocycles. The smallest absolute Gasteiger partial charge is 0.408 e. The molecule has 0 radical (unpaired) electrons. The van der Waals surface area contributed by atoms with Crippen LogP contribution in [0.15, 0.2) is 60.7 Å². The van der Waals surface area contributed by atoms with Crippen LogP contribution in [0.2, 0.25) is 0 Å². The lowest BCUT2D eigenvalue weighted by Gasteiger charge is -2.26. The van der Waals surface area contributed by atoms with Gasteiger partial charge in [0, 0.05) is 19.0 Å². The third-order valence-corrected chi connectivity index (χ3v) is 6.70. The Balaban J connectivity index is 2.14. The maximum Gasteiger partial charge on any atom is 0.408 e. The second-order valence-electron chi connectivity index (χ2n) is 6.79. The number of hydrogen-bond acceptors (Lipinski definition) is 4. The van der Waals surface area contributed by atoms with Crippen molar-refractivity contribution in [3.63, 3.8) is 0 Å². The molecule has 3 atom stereocenters. The number of rotatable bonds is 10. The summed E-state index contributed by atoms with van der Waals surface area (Å²) in [7, 11) is -4.15. The number of carbonyl (C=O) groups is 2. The fourth-order valence-corrected chi connectivity index (χ4v) is 4.82. The van der Waals surface area contributed by atoms with Crippen molar-refractivity contribution in [2.24, 2.45) is 5.92 Å². The number of benzene rings is 2. The highest BCUT2D eigenvalue weighted by atomic mass is 31.2. The Labute approximate surface area is 175 Å². The highest BCUT2D eigenvalue weighted by Gasteiger charge is 2.37. The lowest BCUT2D eigenvalue weighted by atomic mass is 10.1. The van der Waals surface area contributed by atoms with Gasteiger partial charge in [-0.1, -0.05) is 60.7 Å². The van der Waals surface area contributed by atoms with E-state index < -0.39 is 37.3 Å². The molecule has 0 aliphatic carbocycles. The highest BCUT2D eigenvalue weighted by Crippen LogP contribution is 2.48. The Hall–Kier alpha value is -3.07. The summed E-state index contributed by atoms with van der Waals surface area (Å²) in [5, 5.41) is 11.7. The lowest BCUT2D eigenvalue weighted by Crippen LogP contribution is -2.38. The van der Waals surface area contributed by atoms with Crippen LogP contribution in [0.5, 0.6) is 0 Å². The minimum atomic E-state index is -4.15. The van der Waals surface area contributed by atoms with E-state index in [1.807, 2.05) is 6.07 Å². The monoisotopic (exact) mass is 429 g/mol. The maximum absolute atomic E-state index is 13.1. The summed E-state index contributed by atoms with van der Waals surface area (Å²) in [6.07, 6.45) is 3.63. The van der Waals surface area contributed by atoms with Crippen molar-refractivity contribution in [3.05, 3.63) is 71.8 Å². The van der Waals surface area contributed by atoms with Crippen LogP contribution in [-0.4, -0.2) is 34.0 Å². The van der Waals surface area contributed by atoms with Gasteiger partial charge in [0.15, 0.2) is 0 Å². The SMILES string of the molecule is C#CCC(CP(=O)(O)[C@H](Cc1ccccc1)NC(=O)OCc1ccccc1)C(=O)O. The molecule has 0 fully saturated rings. The van der Waals surface area contributed by atoms with E-state index in [1.54, 1.807) is 54.6 Å². The predicted octanol–water partition coefficient (Wildman–Crippen LogP) is 3.48. The first kappa shape index (κ1) is 23.2. The molecule has 2 aromatic rings. The van der Waals surface area contributed by atoms with Crippen LogP contribution in [-0.2, 0) is 27.1 Å². The van der Waals surface area contributed by atoms with Gasteiger partial charge in [-0.15, -0.1) is 12.3 Å². The minimum Gasteiger partial charge on any atom is -0.481 e. The Bertz CT molecular complexity index is 926. The Kier molecular flexibility index (Phi) is 8.67. The molecule has 30 heavy (non-hydrogen) atoms. The van der Waals surface area contributed by atoms with Crippen molar-refractivity contribution in [3.8, 4) is 12.3 Å². The summed E-state index contributed by atoms with van der Waals surface area (Å²) in [6, 6.07) is 17.8. The number of ether oxygens (including phenoxy) is 1. The molecule has 0 aromatic heterocycles. The van der Waals surface area contributed by atoms with Gasteiger partial charge in [0.25, 0.3) is 0 Å². The summed E-state index contributed by atoms with van der Waals surface area (Å²) in [4.78, 5) is 34.4. The Morgan fingerprint density at radius 2 is 1.63 bits per heavy atom.